The molecule has 1 aromatic carbocycles. The quantitative estimate of drug-likeness (QED) is 0.384. The zero-order valence-electron chi connectivity index (χ0n) is 17.0. The zero-order chi connectivity index (χ0) is 18.8. The predicted octanol–water partition coefficient (Wildman–Crippen LogP) is 6.99. The molecule has 2 nitrogen and oxygen atoms in total. The molecule has 26 heavy (non-hydrogen) atoms. The maximum absolute atomic E-state index is 13.1. The molecule has 0 amide bonds. The SMILES string of the molecule is CCCCCc1cc(CCCCC)c2c(=O)c(CCCCC)coc2c1. The van der Waals surface area contributed by atoms with E-state index in [2.05, 4.69) is 32.9 Å². The van der Waals surface area contributed by atoms with Crippen LogP contribution in [0.3, 0.4) is 0 Å². The first-order valence-corrected chi connectivity index (χ1v) is 10.8. The number of aryl methyl sites for hydroxylation is 3. The topological polar surface area (TPSA) is 30.2 Å². The first-order chi connectivity index (χ1) is 12.7. The summed E-state index contributed by atoms with van der Waals surface area (Å²) in [5, 5.41) is 0.842. The van der Waals surface area contributed by atoms with Crippen LogP contribution in [0.5, 0.6) is 0 Å². The Balaban J connectivity index is 2.36. The molecule has 0 saturated carbocycles. The van der Waals surface area contributed by atoms with Crippen molar-refractivity contribution in [1.82, 2.24) is 0 Å². The van der Waals surface area contributed by atoms with Gasteiger partial charge in [0.25, 0.3) is 0 Å². The van der Waals surface area contributed by atoms with Crippen LogP contribution in [-0.4, -0.2) is 0 Å². The van der Waals surface area contributed by atoms with Crippen LogP contribution in [0.25, 0.3) is 11.0 Å². The summed E-state index contributed by atoms with van der Waals surface area (Å²) in [5.74, 6) is 0. The Morgan fingerprint density at radius 2 is 1.31 bits per heavy atom. The fourth-order valence-electron chi connectivity index (χ4n) is 3.66. The molecule has 2 heteroatoms. The van der Waals surface area contributed by atoms with Crippen LogP contribution >= 0.6 is 0 Å². The van der Waals surface area contributed by atoms with E-state index in [1.807, 2.05) is 0 Å². The molecule has 0 unspecified atom stereocenters. The Hall–Kier alpha value is -1.57. The smallest absolute Gasteiger partial charge is 0.196 e. The van der Waals surface area contributed by atoms with E-state index >= 15 is 0 Å². The lowest BCUT2D eigenvalue weighted by atomic mass is 9.96. The molecule has 0 aliphatic carbocycles. The average molecular weight is 357 g/mol. The van der Waals surface area contributed by atoms with Gasteiger partial charge >= 0.3 is 0 Å². The molecule has 1 heterocycles. The largest absolute Gasteiger partial charge is 0.464 e. The van der Waals surface area contributed by atoms with Crippen LogP contribution in [0.15, 0.2) is 27.6 Å². The minimum atomic E-state index is 0.203. The summed E-state index contributed by atoms with van der Waals surface area (Å²) in [4.78, 5) is 13.1. The molecule has 0 bridgehead atoms. The molecule has 0 saturated heterocycles. The van der Waals surface area contributed by atoms with Crippen molar-refractivity contribution in [2.75, 3.05) is 0 Å². The van der Waals surface area contributed by atoms with Crippen molar-refractivity contribution in [3.8, 4) is 0 Å². The highest BCUT2D eigenvalue weighted by Crippen LogP contribution is 2.23. The fourth-order valence-corrected chi connectivity index (χ4v) is 3.66. The van der Waals surface area contributed by atoms with E-state index in [0.29, 0.717) is 0 Å². The number of hydrogen-bond donors (Lipinski definition) is 0. The van der Waals surface area contributed by atoms with Gasteiger partial charge in [-0.2, -0.15) is 0 Å². The van der Waals surface area contributed by atoms with Gasteiger partial charge in [-0.25, -0.2) is 0 Å². The van der Waals surface area contributed by atoms with Crippen molar-refractivity contribution >= 4 is 11.0 Å². The third-order valence-electron chi connectivity index (χ3n) is 5.26. The number of unbranched alkanes of at least 4 members (excludes halogenated alkanes) is 6. The van der Waals surface area contributed by atoms with Crippen LogP contribution in [0.2, 0.25) is 0 Å². The number of rotatable bonds is 12. The van der Waals surface area contributed by atoms with E-state index in [9.17, 15) is 4.79 Å². The summed E-state index contributed by atoms with van der Waals surface area (Å²) < 4.78 is 5.95. The Kier molecular flexibility index (Phi) is 8.94. The van der Waals surface area contributed by atoms with Crippen molar-refractivity contribution in [1.29, 1.82) is 0 Å². The first-order valence-electron chi connectivity index (χ1n) is 10.8. The van der Waals surface area contributed by atoms with Crippen molar-refractivity contribution in [3.05, 3.63) is 45.3 Å². The second kappa shape index (κ2) is 11.2. The van der Waals surface area contributed by atoms with E-state index in [-0.39, 0.29) is 5.43 Å². The molecule has 0 fully saturated rings. The highest BCUT2D eigenvalue weighted by molar-refractivity contribution is 5.81. The number of benzene rings is 1. The molecule has 0 aliphatic heterocycles. The van der Waals surface area contributed by atoms with Gasteiger partial charge in [-0.1, -0.05) is 65.4 Å². The van der Waals surface area contributed by atoms with Gasteiger partial charge in [0, 0.05) is 5.56 Å². The molecule has 1 aromatic heterocycles. The molecule has 0 atom stereocenters. The molecular formula is C24H36O2. The lowest BCUT2D eigenvalue weighted by Gasteiger charge is -2.11. The van der Waals surface area contributed by atoms with Gasteiger partial charge in [0.05, 0.1) is 11.6 Å². The van der Waals surface area contributed by atoms with E-state index < -0.39 is 0 Å². The van der Waals surface area contributed by atoms with Crippen molar-refractivity contribution < 1.29 is 4.42 Å². The first kappa shape index (κ1) is 20.7. The van der Waals surface area contributed by atoms with E-state index in [0.717, 1.165) is 55.1 Å². The third-order valence-corrected chi connectivity index (χ3v) is 5.26. The summed E-state index contributed by atoms with van der Waals surface area (Å²) >= 11 is 0. The van der Waals surface area contributed by atoms with Crippen LogP contribution < -0.4 is 5.43 Å². The molecule has 0 spiro atoms. The van der Waals surface area contributed by atoms with Gasteiger partial charge in [-0.3, -0.25) is 4.79 Å². The lowest BCUT2D eigenvalue weighted by molar-refractivity contribution is 0.585. The minimum Gasteiger partial charge on any atom is -0.464 e. The lowest BCUT2D eigenvalue weighted by Crippen LogP contribution is -2.11. The second-order valence-electron chi connectivity index (χ2n) is 7.59. The minimum absolute atomic E-state index is 0.203. The highest BCUT2D eigenvalue weighted by Gasteiger charge is 2.13. The Bertz CT molecular complexity index is 727. The number of fused-ring (bicyclic) bond motifs is 1. The molecule has 144 valence electrons. The monoisotopic (exact) mass is 356 g/mol. The van der Waals surface area contributed by atoms with Crippen molar-refractivity contribution in [2.24, 2.45) is 0 Å². The summed E-state index contributed by atoms with van der Waals surface area (Å²) in [6.07, 6.45) is 15.2. The normalized spacial score (nSPS) is 11.3. The standard InChI is InChI=1S/C24H36O2/c1-4-7-10-13-19-16-20(14-11-8-5-2)23-22(17-19)26-18-21(24(23)25)15-12-9-6-3/h16-18H,4-15H2,1-3H3. The molecule has 0 radical (unpaired) electrons. The molecule has 0 aliphatic rings. The van der Waals surface area contributed by atoms with Crippen LogP contribution in [0.4, 0.5) is 0 Å². The maximum atomic E-state index is 13.1. The Morgan fingerprint density at radius 3 is 1.92 bits per heavy atom. The van der Waals surface area contributed by atoms with E-state index in [4.69, 9.17) is 4.42 Å². The molecule has 2 rings (SSSR count). The average Bonchev–Trinajstić information content (AvgIpc) is 2.64. The van der Waals surface area contributed by atoms with Gasteiger partial charge in [-0.05, 0) is 55.7 Å². The Labute approximate surface area is 159 Å². The van der Waals surface area contributed by atoms with Crippen molar-refractivity contribution in [3.63, 3.8) is 0 Å². The summed E-state index contributed by atoms with van der Waals surface area (Å²) in [5.41, 5.74) is 4.36. The maximum Gasteiger partial charge on any atom is 0.196 e. The molecule has 0 N–H and O–H groups in total. The van der Waals surface area contributed by atoms with Gasteiger partial charge < -0.3 is 4.42 Å². The van der Waals surface area contributed by atoms with Crippen LogP contribution in [0.1, 0.15) is 95.2 Å². The molecule has 2 aromatic rings. The zero-order valence-corrected chi connectivity index (χ0v) is 17.0. The number of hydrogen-bond acceptors (Lipinski definition) is 2. The summed E-state index contributed by atoms with van der Waals surface area (Å²) in [6, 6.07) is 4.38. The fraction of sp³-hybridized carbons (Fsp3) is 0.625. The van der Waals surface area contributed by atoms with Crippen LogP contribution in [-0.2, 0) is 19.3 Å². The Morgan fingerprint density at radius 1 is 0.731 bits per heavy atom. The van der Waals surface area contributed by atoms with Gasteiger partial charge in [0.2, 0.25) is 0 Å². The van der Waals surface area contributed by atoms with E-state index in [1.165, 1.54) is 49.7 Å². The van der Waals surface area contributed by atoms with Gasteiger partial charge in [-0.15, -0.1) is 0 Å². The third kappa shape index (κ3) is 5.72. The van der Waals surface area contributed by atoms with Crippen molar-refractivity contribution in [2.45, 2.75) is 97.8 Å². The predicted molar refractivity (Wildman–Crippen MR) is 112 cm³/mol. The van der Waals surface area contributed by atoms with E-state index in [1.54, 1.807) is 6.26 Å². The van der Waals surface area contributed by atoms with Gasteiger partial charge in [0.15, 0.2) is 5.43 Å². The van der Waals surface area contributed by atoms with Crippen LogP contribution in [0, 0.1) is 0 Å². The summed E-state index contributed by atoms with van der Waals surface area (Å²) in [7, 11) is 0. The highest BCUT2D eigenvalue weighted by atomic mass is 16.3. The molecular weight excluding hydrogens is 320 g/mol. The second-order valence-corrected chi connectivity index (χ2v) is 7.59. The summed E-state index contributed by atoms with van der Waals surface area (Å²) in [6.45, 7) is 6.64. The van der Waals surface area contributed by atoms with Gasteiger partial charge in [0.1, 0.15) is 5.58 Å².